The summed E-state index contributed by atoms with van der Waals surface area (Å²) in [6, 6.07) is -12.3. The van der Waals surface area contributed by atoms with Crippen LogP contribution in [0.1, 0.15) is 156 Å². The number of aliphatic hydroxyl groups is 1. The summed E-state index contributed by atoms with van der Waals surface area (Å²) < 4.78 is 5.01. The number of hydrogen-bond acceptors (Lipinski definition) is 14. The predicted molar refractivity (Wildman–Crippen MR) is 352 cm³/mol. The monoisotopic (exact) mass is 1290 g/mol. The molecule has 0 spiro atoms. The van der Waals surface area contributed by atoms with Crippen LogP contribution in [0.3, 0.4) is 0 Å². The van der Waals surface area contributed by atoms with Crippen molar-refractivity contribution >= 4 is 65.0 Å². The van der Waals surface area contributed by atoms with Crippen LogP contribution in [-0.4, -0.2) is 253 Å². The van der Waals surface area contributed by atoms with E-state index < -0.39 is 156 Å². The Morgan fingerprint density at radius 3 is 1.34 bits per heavy atom. The van der Waals surface area contributed by atoms with Crippen molar-refractivity contribution in [2.75, 3.05) is 82.2 Å². The van der Waals surface area contributed by atoms with E-state index in [0.717, 1.165) is 36.1 Å². The number of aliphatic hydroxyl groups excluding tert-OH is 1. The Labute approximate surface area is 545 Å². The number of likely N-dealkylation sites (N-methyl/N-ethyl adjacent to an activating group) is 7. The van der Waals surface area contributed by atoms with Crippen molar-refractivity contribution in [1.29, 1.82) is 0 Å². The Kier molecular flexibility index (Phi) is 35.8. The number of rotatable bonds is 15. The highest BCUT2D eigenvalue weighted by Gasteiger charge is 2.46. The van der Waals surface area contributed by atoms with Crippen LogP contribution in [0, 0.1) is 41.4 Å². The molecule has 0 aromatic carbocycles. The first-order valence-corrected chi connectivity index (χ1v) is 32.8. The molecule has 91 heavy (non-hydrogen) atoms. The molecule has 522 valence electrons. The zero-order chi connectivity index (χ0) is 70.2. The molecule has 2 aliphatic heterocycles. The first-order chi connectivity index (χ1) is 42.2. The smallest absolute Gasteiger partial charge is 0.246 e. The molecule has 2 aliphatic rings. The minimum absolute atomic E-state index is 0.0229. The van der Waals surface area contributed by atoms with Gasteiger partial charge in [-0.25, -0.2) is 0 Å². The zero-order valence-electron chi connectivity index (χ0n) is 59.8. The van der Waals surface area contributed by atoms with Gasteiger partial charge in [0, 0.05) is 62.4 Å². The van der Waals surface area contributed by atoms with Crippen LogP contribution in [0.4, 0.5) is 0 Å². The number of hydrogen-bond donors (Lipinski definition) is 6. The standard InChI is InChI=1S/C62H111N11O12.C4H9NO/c1-25-27-28-40(15)52(75)51-56(79)65-43(26-2)58(81)67(18)33-48(74)68(19)44(29-34(3)4)55(78)66-49(38(11)12)61(84)69(20)45(30-35(5)6)54(77)63-41(16)53(76)64-42(17)57(80)70(21)46(31-36(7)8)59(82)71(22)47(32-37(9)10)60(83)72(23)50(39(13)14)62(85)73(51)24;1-3-6-4-2-5-1/h25,27,34-47,49-52,75H,26,28-33H2,1-24H3,(H,63,77)(H,64,76)(H,65,79)(H,66,78);5H,1-4H2/b27-25+;/t40-,41+,42-,43+,44+,45+,46+,47+,49+,50+,51+,52-;/m1./s1. The second-order valence-corrected chi connectivity index (χ2v) is 27.5. The van der Waals surface area contributed by atoms with Crippen LogP contribution in [0.2, 0.25) is 0 Å². The fraction of sp³-hybridized carbons (Fsp3) is 0.803. The fourth-order valence-electron chi connectivity index (χ4n) is 11.2. The maximum absolute atomic E-state index is 15.1. The van der Waals surface area contributed by atoms with Crippen LogP contribution in [0.25, 0.3) is 0 Å². The Morgan fingerprint density at radius 1 is 0.484 bits per heavy atom. The van der Waals surface area contributed by atoms with Gasteiger partial charge in [0.25, 0.3) is 0 Å². The first-order valence-electron chi connectivity index (χ1n) is 32.8. The highest BCUT2D eigenvalue weighted by molar-refractivity contribution is 5.99. The van der Waals surface area contributed by atoms with Crippen molar-refractivity contribution in [3.05, 3.63) is 12.2 Å². The van der Waals surface area contributed by atoms with Crippen molar-refractivity contribution < 1.29 is 62.6 Å². The highest BCUT2D eigenvalue weighted by Crippen LogP contribution is 2.26. The lowest BCUT2D eigenvalue weighted by molar-refractivity contribution is -0.157. The molecule has 2 rings (SSSR count). The second kappa shape index (κ2) is 39.4. The quantitative estimate of drug-likeness (QED) is 0.129. The van der Waals surface area contributed by atoms with Crippen molar-refractivity contribution in [2.45, 2.75) is 223 Å². The minimum atomic E-state index is -1.61. The van der Waals surface area contributed by atoms with Crippen LogP contribution in [0.15, 0.2) is 12.2 Å². The third kappa shape index (κ3) is 25.0. The Hall–Kier alpha value is -6.21. The maximum Gasteiger partial charge on any atom is 0.246 e. The second-order valence-electron chi connectivity index (χ2n) is 27.5. The Bertz CT molecular complexity index is 2420. The van der Waals surface area contributed by atoms with Crippen LogP contribution < -0.4 is 26.6 Å². The number of nitrogens with zero attached hydrogens (tertiary/aromatic N) is 7. The summed E-state index contributed by atoms with van der Waals surface area (Å²) in [4.78, 5) is 169. The lowest BCUT2D eigenvalue weighted by atomic mass is 9.91. The average Bonchev–Trinajstić information content (AvgIpc) is 0.995. The van der Waals surface area contributed by atoms with Gasteiger partial charge in [-0.3, -0.25) is 52.7 Å². The van der Waals surface area contributed by atoms with Crippen molar-refractivity contribution in [3.63, 3.8) is 0 Å². The average molecular weight is 1290 g/mol. The number of nitrogens with one attached hydrogen (secondary N) is 5. The van der Waals surface area contributed by atoms with Gasteiger partial charge < -0.3 is 70.7 Å². The summed E-state index contributed by atoms with van der Waals surface area (Å²) in [5.41, 5.74) is 0. The number of amides is 11. The lowest BCUT2D eigenvalue weighted by Crippen LogP contribution is -2.63. The first kappa shape index (κ1) is 82.8. The van der Waals surface area contributed by atoms with E-state index in [1.807, 2.05) is 61.5 Å². The summed E-state index contributed by atoms with van der Waals surface area (Å²) in [5, 5.41) is 26.2. The van der Waals surface area contributed by atoms with Gasteiger partial charge in [0.15, 0.2) is 0 Å². The molecule has 0 radical (unpaired) electrons. The molecule has 12 atom stereocenters. The van der Waals surface area contributed by atoms with Gasteiger partial charge in [0.05, 0.1) is 25.9 Å². The normalized spacial score (nSPS) is 26.7. The zero-order valence-corrected chi connectivity index (χ0v) is 59.8. The Balaban J connectivity index is 0.00000648. The number of morpholine rings is 1. The van der Waals surface area contributed by atoms with E-state index >= 15 is 9.59 Å². The molecule has 0 saturated carbocycles. The van der Waals surface area contributed by atoms with E-state index in [0.29, 0.717) is 6.42 Å². The van der Waals surface area contributed by atoms with Gasteiger partial charge in [-0.2, -0.15) is 0 Å². The summed E-state index contributed by atoms with van der Waals surface area (Å²) in [7, 11) is 9.92. The van der Waals surface area contributed by atoms with Crippen molar-refractivity contribution in [2.24, 2.45) is 41.4 Å². The molecule has 25 nitrogen and oxygen atoms in total. The lowest BCUT2D eigenvalue weighted by Gasteiger charge is -2.41. The Morgan fingerprint density at radius 2 is 0.912 bits per heavy atom. The van der Waals surface area contributed by atoms with Crippen molar-refractivity contribution in [3.8, 4) is 0 Å². The molecule has 11 amide bonds. The van der Waals surface area contributed by atoms with Gasteiger partial charge >= 0.3 is 0 Å². The van der Waals surface area contributed by atoms with E-state index in [-0.39, 0.29) is 55.8 Å². The molecule has 2 fully saturated rings. The predicted octanol–water partition coefficient (Wildman–Crippen LogP) is 2.88. The molecule has 6 N–H and O–H groups in total. The number of allylic oxidation sites excluding steroid dienone is 2. The van der Waals surface area contributed by atoms with E-state index in [2.05, 4.69) is 26.6 Å². The van der Waals surface area contributed by atoms with Crippen molar-refractivity contribution in [1.82, 2.24) is 60.9 Å². The third-order valence-electron chi connectivity index (χ3n) is 16.9. The summed E-state index contributed by atoms with van der Waals surface area (Å²) >= 11 is 0. The molecular formula is C66H120N12O13. The van der Waals surface area contributed by atoms with E-state index in [1.54, 1.807) is 54.5 Å². The summed E-state index contributed by atoms with van der Waals surface area (Å²) in [6.45, 7) is 33.2. The molecule has 0 unspecified atom stereocenters. The summed E-state index contributed by atoms with van der Waals surface area (Å²) in [6.07, 6.45) is 3.04. The largest absolute Gasteiger partial charge is 0.390 e. The molecule has 25 heteroatoms. The van der Waals surface area contributed by atoms with Crippen LogP contribution in [0.5, 0.6) is 0 Å². The molecule has 2 heterocycles. The minimum Gasteiger partial charge on any atom is -0.390 e. The molecule has 0 bridgehead atoms. The van der Waals surface area contributed by atoms with Gasteiger partial charge in [0.1, 0.15) is 60.4 Å². The molecule has 0 aromatic rings. The van der Waals surface area contributed by atoms with Crippen LogP contribution >= 0.6 is 0 Å². The summed E-state index contributed by atoms with van der Waals surface area (Å²) in [5.74, 6) is -9.71. The third-order valence-corrected chi connectivity index (χ3v) is 16.9. The van der Waals surface area contributed by atoms with Crippen LogP contribution in [-0.2, 0) is 57.5 Å². The van der Waals surface area contributed by atoms with Gasteiger partial charge in [-0.1, -0.05) is 109 Å². The molecule has 2 saturated heterocycles. The molecular weight excluding hydrogens is 1170 g/mol. The fourth-order valence-corrected chi connectivity index (χ4v) is 11.2. The highest BCUT2D eigenvalue weighted by atomic mass is 16.5. The molecule has 0 aromatic heterocycles. The SMILES string of the molecule is C/C=C/C[C@@H](C)[C@@H](O)[C@H]1C(=O)N[C@@H](CC)C(=O)N(C)CC(=O)N(C)[C@@H](CC(C)C)C(=O)N[C@@H](C(C)C)C(=O)N(C)[C@@H](CC(C)C)C(=O)N[C@@H](C)C(=O)N[C@H](C)C(=O)N(C)[C@@H](CC(C)C)C(=O)N(C)[C@@H](CC(C)C)C(=O)N(C)[C@@H](C(C)C)C(=O)N1C.C1COCCN1. The van der Waals surface area contributed by atoms with E-state index in [9.17, 15) is 48.3 Å². The molecule has 0 aliphatic carbocycles. The number of carbonyl (C=O) groups excluding carboxylic acids is 11. The maximum atomic E-state index is 15.1. The van der Waals surface area contributed by atoms with Gasteiger partial charge in [-0.15, -0.1) is 0 Å². The van der Waals surface area contributed by atoms with E-state index in [1.165, 1.54) is 87.7 Å². The number of carbonyl (C=O) groups is 11. The van der Waals surface area contributed by atoms with E-state index in [4.69, 9.17) is 4.74 Å². The number of ether oxygens (including phenoxy) is 1. The van der Waals surface area contributed by atoms with Gasteiger partial charge in [-0.05, 0) is 101 Å². The topological polar surface area (TPSA) is 300 Å². The van der Waals surface area contributed by atoms with Gasteiger partial charge in [0.2, 0.25) is 65.0 Å².